The number of hydrogen-bond acceptors (Lipinski definition) is 5. The molecule has 0 heterocycles. The van der Waals surface area contributed by atoms with Crippen LogP contribution in [0.15, 0.2) is 97.1 Å². The molecule has 0 atom stereocenters. The summed E-state index contributed by atoms with van der Waals surface area (Å²) < 4.78 is 16.2. The highest BCUT2D eigenvalue weighted by Crippen LogP contribution is 2.44. The SMILES string of the molecule is COc1ccc(C2(c3ccc(OC)cc3)C=Cc3c(ccc(-c4ccccc4)c3C(=O)OCCO)C2)cc1. The number of esters is 1. The standard InChI is InChI=1S/C33H30O5/c1-36-27-13-9-25(10-14-27)33(26-11-15-28(37-2)16-12-26)19-18-30-24(22-33)8-17-29(23-6-4-3-5-7-23)31(30)32(35)38-21-20-34/h3-19,34H,20-22H2,1-2H3. The summed E-state index contributed by atoms with van der Waals surface area (Å²) in [6, 6.07) is 30.2. The first-order valence-corrected chi connectivity index (χ1v) is 12.6. The molecule has 5 rings (SSSR count). The van der Waals surface area contributed by atoms with E-state index in [1.807, 2.05) is 66.7 Å². The summed E-state index contributed by atoms with van der Waals surface area (Å²) in [5, 5.41) is 9.27. The van der Waals surface area contributed by atoms with Crippen molar-refractivity contribution in [3.8, 4) is 22.6 Å². The van der Waals surface area contributed by atoms with Gasteiger partial charge in [0, 0.05) is 5.41 Å². The van der Waals surface area contributed by atoms with E-state index in [1.54, 1.807) is 14.2 Å². The Morgan fingerprint density at radius 1 is 0.816 bits per heavy atom. The molecule has 0 bridgehead atoms. The molecule has 0 radical (unpaired) electrons. The molecule has 5 nitrogen and oxygen atoms in total. The van der Waals surface area contributed by atoms with Gasteiger partial charge in [-0.05, 0) is 64.1 Å². The number of hydrogen-bond donors (Lipinski definition) is 1. The lowest BCUT2D eigenvalue weighted by Crippen LogP contribution is -2.31. The molecule has 1 aliphatic carbocycles. The molecule has 0 unspecified atom stereocenters. The maximum Gasteiger partial charge on any atom is 0.339 e. The molecule has 0 saturated heterocycles. The van der Waals surface area contributed by atoms with Crippen LogP contribution >= 0.6 is 0 Å². The van der Waals surface area contributed by atoms with Gasteiger partial charge in [-0.3, -0.25) is 0 Å². The molecule has 0 saturated carbocycles. The largest absolute Gasteiger partial charge is 0.497 e. The first-order valence-electron chi connectivity index (χ1n) is 12.6. The van der Waals surface area contributed by atoms with E-state index in [9.17, 15) is 9.90 Å². The van der Waals surface area contributed by atoms with Gasteiger partial charge in [-0.25, -0.2) is 4.79 Å². The van der Waals surface area contributed by atoms with Crippen LogP contribution in [-0.2, 0) is 16.6 Å². The fraction of sp³-hybridized carbons (Fsp3) is 0.182. The summed E-state index contributed by atoms with van der Waals surface area (Å²) >= 11 is 0. The lowest BCUT2D eigenvalue weighted by Gasteiger charge is -2.36. The van der Waals surface area contributed by atoms with E-state index in [-0.39, 0.29) is 13.2 Å². The number of aliphatic hydroxyl groups is 1. The van der Waals surface area contributed by atoms with Gasteiger partial charge >= 0.3 is 5.97 Å². The van der Waals surface area contributed by atoms with Crippen molar-refractivity contribution in [3.05, 3.63) is 125 Å². The number of rotatable bonds is 8. The zero-order valence-electron chi connectivity index (χ0n) is 21.5. The Labute approximate surface area is 222 Å². The Morgan fingerprint density at radius 2 is 1.42 bits per heavy atom. The molecule has 0 amide bonds. The average Bonchev–Trinajstić information content (AvgIpc) is 2.99. The summed E-state index contributed by atoms with van der Waals surface area (Å²) in [7, 11) is 3.32. The Hall–Kier alpha value is -4.35. The summed E-state index contributed by atoms with van der Waals surface area (Å²) in [6.45, 7) is -0.280. The zero-order chi connectivity index (χ0) is 26.5. The number of aliphatic hydroxyl groups excluding tert-OH is 1. The van der Waals surface area contributed by atoms with Gasteiger partial charge in [0.2, 0.25) is 0 Å². The van der Waals surface area contributed by atoms with Gasteiger partial charge in [-0.1, -0.05) is 78.9 Å². The van der Waals surface area contributed by atoms with E-state index in [0.29, 0.717) is 12.0 Å². The van der Waals surface area contributed by atoms with Crippen molar-refractivity contribution in [3.63, 3.8) is 0 Å². The van der Waals surface area contributed by atoms with Gasteiger partial charge in [-0.15, -0.1) is 0 Å². The Morgan fingerprint density at radius 3 is 1.97 bits per heavy atom. The van der Waals surface area contributed by atoms with E-state index >= 15 is 0 Å². The van der Waals surface area contributed by atoms with Crippen molar-refractivity contribution in [2.75, 3.05) is 27.4 Å². The number of benzene rings is 4. The molecule has 0 fully saturated rings. The molecule has 1 N–H and O–H groups in total. The van der Waals surface area contributed by atoms with E-state index in [2.05, 4.69) is 36.4 Å². The minimum atomic E-state index is -0.466. The second-order valence-electron chi connectivity index (χ2n) is 9.22. The average molecular weight is 507 g/mol. The minimum Gasteiger partial charge on any atom is -0.497 e. The van der Waals surface area contributed by atoms with Crippen LogP contribution < -0.4 is 9.47 Å². The second kappa shape index (κ2) is 11.0. The van der Waals surface area contributed by atoms with Crippen molar-refractivity contribution in [1.29, 1.82) is 0 Å². The number of carbonyl (C=O) groups excluding carboxylic acids is 1. The summed E-state index contributed by atoms with van der Waals surface area (Å²) in [4.78, 5) is 13.3. The molecular weight excluding hydrogens is 476 g/mol. The van der Waals surface area contributed by atoms with Gasteiger partial charge < -0.3 is 19.3 Å². The fourth-order valence-corrected chi connectivity index (χ4v) is 5.22. The molecule has 0 aliphatic heterocycles. The molecule has 1 aliphatic rings. The highest BCUT2D eigenvalue weighted by molar-refractivity contribution is 6.02. The molecule has 5 heteroatoms. The molecule has 38 heavy (non-hydrogen) atoms. The van der Waals surface area contributed by atoms with Crippen molar-refractivity contribution in [1.82, 2.24) is 0 Å². The maximum absolute atomic E-state index is 13.3. The third-order valence-electron chi connectivity index (χ3n) is 7.16. The van der Waals surface area contributed by atoms with E-state index in [0.717, 1.165) is 44.9 Å². The van der Waals surface area contributed by atoms with E-state index in [1.165, 1.54) is 0 Å². The first-order chi connectivity index (χ1) is 18.6. The van der Waals surface area contributed by atoms with Crippen LogP contribution in [0.4, 0.5) is 0 Å². The summed E-state index contributed by atoms with van der Waals surface area (Å²) in [6.07, 6.45) is 4.86. The molecule has 0 spiro atoms. The smallest absolute Gasteiger partial charge is 0.339 e. The molecule has 4 aromatic carbocycles. The number of allylic oxidation sites excluding steroid dienone is 1. The Balaban J connectivity index is 1.68. The number of methoxy groups -OCH3 is 2. The van der Waals surface area contributed by atoms with Gasteiger partial charge in [-0.2, -0.15) is 0 Å². The van der Waals surface area contributed by atoms with Gasteiger partial charge in [0.1, 0.15) is 18.1 Å². The topological polar surface area (TPSA) is 65.0 Å². The number of carbonyl (C=O) groups is 1. The normalized spacial score (nSPS) is 13.4. The van der Waals surface area contributed by atoms with Crippen LogP contribution in [0, 0.1) is 0 Å². The summed E-state index contributed by atoms with van der Waals surface area (Å²) in [5.74, 6) is 1.14. The highest BCUT2D eigenvalue weighted by atomic mass is 16.5. The lowest BCUT2D eigenvalue weighted by molar-refractivity contribution is 0.0434. The lowest BCUT2D eigenvalue weighted by atomic mass is 9.66. The van der Waals surface area contributed by atoms with Crippen LogP contribution in [0.5, 0.6) is 11.5 Å². The van der Waals surface area contributed by atoms with Crippen molar-refractivity contribution < 1.29 is 24.1 Å². The van der Waals surface area contributed by atoms with Crippen LogP contribution in [0.1, 0.15) is 32.6 Å². The monoisotopic (exact) mass is 506 g/mol. The number of fused-ring (bicyclic) bond motifs is 1. The van der Waals surface area contributed by atoms with E-state index < -0.39 is 11.4 Å². The predicted molar refractivity (Wildman–Crippen MR) is 149 cm³/mol. The van der Waals surface area contributed by atoms with Gasteiger partial charge in [0.25, 0.3) is 0 Å². The third-order valence-corrected chi connectivity index (χ3v) is 7.16. The number of ether oxygens (including phenoxy) is 3. The molecule has 0 aromatic heterocycles. The first kappa shape index (κ1) is 25.3. The second-order valence-corrected chi connectivity index (χ2v) is 9.22. The van der Waals surface area contributed by atoms with Crippen LogP contribution in [-0.4, -0.2) is 38.5 Å². The van der Waals surface area contributed by atoms with Gasteiger partial charge in [0.05, 0.1) is 26.4 Å². The minimum absolute atomic E-state index is 0.0535. The van der Waals surface area contributed by atoms with Crippen molar-refractivity contribution in [2.45, 2.75) is 11.8 Å². The van der Waals surface area contributed by atoms with Crippen molar-refractivity contribution in [2.24, 2.45) is 0 Å². The Kier molecular flexibility index (Phi) is 7.29. The van der Waals surface area contributed by atoms with Crippen LogP contribution in [0.3, 0.4) is 0 Å². The third kappa shape index (κ3) is 4.69. The zero-order valence-corrected chi connectivity index (χ0v) is 21.5. The van der Waals surface area contributed by atoms with Crippen LogP contribution in [0.25, 0.3) is 17.2 Å². The fourth-order valence-electron chi connectivity index (χ4n) is 5.22. The maximum atomic E-state index is 13.3. The molecular formula is C33H30O5. The summed E-state index contributed by atoms with van der Waals surface area (Å²) in [5.41, 5.74) is 5.88. The van der Waals surface area contributed by atoms with Crippen LogP contribution in [0.2, 0.25) is 0 Å². The predicted octanol–water partition coefficient (Wildman–Crippen LogP) is 6.08. The molecule has 192 valence electrons. The molecule has 4 aromatic rings. The quantitative estimate of drug-likeness (QED) is 0.294. The Bertz CT molecular complexity index is 1390. The van der Waals surface area contributed by atoms with E-state index in [4.69, 9.17) is 14.2 Å². The highest BCUT2D eigenvalue weighted by Gasteiger charge is 2.36. The van der Waals surface area contributed by atoms with Gasteiger partial charge in [0.15, 0.2) is 0 Å². The van der Waals surface area contributed by atoms with Crippen molar-refractivity contribution >= 4 is 12.0 Å².